The van der Waals surface area contributed by atoms with E-state index in [2.05, 4.69) is 48.1 Å². The summed E-state index contributed by atoms with van der Waals surface area (Å²) >= 11 is 7.79. The predicted octanol–water partition coefficient (Wildman–Crippen LogP) is 4.80. The molecule has 0 saturated heterocycles. The molecule has 0 unspecified atom stereocenters. The van der Waals surface area contributed by atoms with Gasteiger partial charge in [-0.1, -0.05) is 13.0 Å². The average Bonchev–Trinajstić information content (AvgIpc) is 3.04. The van der Waals surface area contributed by atoms with Gasteiger partial charge in [0.05, 0.1) is 17.6 Å². The Morgan fingerprint density at radius 1 is 1.29 bits per heavy atom. The van der Waals surface area contributed by atoms with E-state index in [1.165, 1.54) is 21.5 Å². The minimum atomic E-state index is 0.605. The lowest BCUT2D eigenvalue weighted by Gasteiger charge is -2.09. The molecule has 110 valence electrons. The summed E-state index contributed by atoms with van der Waals surface area (Å²) in [7, 11) is 0. The third kappa shape index (κ3) is 2.85. The molecule has 1 aromatic carbocycles. The zero-order chi connectivity index (χ0) is 14.8. The van der Waals surface area contributed by atoms with Crippen molar-refractivity contribution < 1.29 is 0 Å². The normalized spacial score (nSPS) is 11.4. The van der Waals surface area contributed by atoms with Crippen molar-refractivity contribution in [1.82, 2.24) is 9.55 Å². The summed E-state index contributed by atoms with van der Waals surface area (Å²) in [5, 5.41) is 2.18. The lowest BCUT2D eigenvalue weighted by Crippen LogP contribution is -2.06. The molecule has 0 aliphatic heterocycles. The molecule has 2 nitrogen and oxygen atoms in total. The summed E-state index contributed by atoms with van der Waals surface area (Å²) in [5.74, 6) is 1.69. The summed E-state index contributed by atoms with van der Waals surface area (Å²) in [4.78, 5) is 6.21. The van der Waals surface area contributed by atoms with Crippen LogP contribution in [-0.4, -0.2) is 15.4 Å². The lowest BCUT2D eigenvalue weighted by molar-refractivity contribution is 0.758. The smallest absolute Gasteiger partial charge is 0.111 e. The summed E-state index contributed by atoms with van der Waals surface area (Å²) in [6, 6.07) is 8.71. The first-order valence-electron chi connectivity index (χ1n) is 7.30. The van der Waals surface area contributed by atoms with E-state index in [9.17, 15) is 0 Å². The van der Waals surface area contributed by atoms with E-state index in [1.54, 1.807) is 0 Å². The number of hydrogen-bond donors (Lipinski definition) is 0. The van der Waals surface area contributed by atoms with Crippen molar-refractivity contribution in [2.45, 2.75) is 33.2 Å². The maximum absolute atomic E-state index is 5.96. The van der Waals surface area contributed by atoms with Crippen LogP contribution in [0.25, 0.3) is 11.0 Å². The van der Waals surface area contributed by atoms with Crippen molar-refractivity contribution in [3.63, 3.8) is 0 Å². The van der Waals surface area contributed by atoms with Crippen LogP contribution in [0.2, 0.25) is 0 Å². The maximum atomic E-state index is 5.96. The molecule has 3 rings (SSSR count). The van der Waals surface area contributed by atoms with Crippen LogP contribution in [-0.2, 0) is 19.4 Å². The lowest BCUT2D eigenvalue weighted by atomic mass is 10.2. The molecule has 0 aliphatic rings. The van der Waals surface area contributed by atoms with Gasteiger partial charge in [-0.15, -0.1) is 22.9 Å². The summed E-state index contributed by atoms with van der Waals surface area (Å²) in [6.07, 6.45) is 1.89. The Balaban J connectivity index is 2.08. The van der Waals surface area contributed by atoms with Crippen LogP contribution in [0.3, 0.4) is 0 Å². The quantitative estimate of drug-likeness (QED) is 0.618. The highest BCUT2D eigenvalue weighted by Gasteiger charge is 2.13. The van der Waals surface area contributed by atoms with Crippen LogP contribution in [0.15, 0.2) is 29.6 Å². The number of hydrogen-bond acceptors (Lipinski definition) is 2. The van der Waals surface area contributed by atoms with Crippen molar-refractivity contribution >= 4 is 34.0 Å². The fraction of sp³-hybridized carbons (Fsp3) is 0.353. The molecule has 0 radical (unpaired) electrons. The first-order chi connectivity index (χ1) is 10.2. The Bertz CT molecular complexity index is 757. The highest BCUT2D eigenvalue weighted by atomic mass is 35.5. The second-order valence-electron chi connectivity index (χ2n) is 5.27. The van der Waals surface area contributed by atoms with Gasteiger partial charge in [-0.3, -0.25) is 0 Å². The molecule has 2 heterocycles. The van der Waals surface area contributed by atoms with Crippen molar-refractivity contribution in [1.29, 1.82) is 0 Å². The number of fused-ring (bicyclic) bond motifs is 1. The molecular formula is C17H19ClN2S. The number of rotatable bonds is 5. The molecule has 0 bridgehead atoms. The van der Waals surface area contributed by atoms with E-state index < -0.39 is 0 Å². The van der Waals surface area contributed by atoms with E-state index in [4.69, 9.17) is 16.6 Å². The van der Waals surface area contributed by atoms with Crippen molar-refractivity contribution in [3.8, 4) is 0 Å². The van der Waals surface area contributed by atoms with Crippen molar-refractivity contribution in [3.05, 3.63) is 51.5 Å². The Morgan fingerprint density at radius 2 is 2.14 bits per heavy atom. The molecular weight excluding hydrogens is 300 g/mol. The van der Waals surface area contributed by atoms with Crippen LogP contribution in [0.5, 0.6) is 0 Å². The predicted molar refractivity (Wildman–Crippen MR) is 91.7 cm³/mol. The van der Waals surface area contributed by atoms with Gasteiger partial charge in [-0.25, -0.2) is 4.98 Å². The molecule has 0 spiro atoms. The van der Waals surface area contributed by atoms with Gasteiger partial charge in [0, 0.05) is 17.2 Å². The topological polar surface area (TPSA) is 17.8 Å². The number of alkyl halides is 1. The van der Waals surface area contributed by atoms with E-state index in [0.29, 0.717) is 5.88 Å². The first kappa shape index (κ1) is 14.6. The number of thiophene rings is 1. The molecule has 0 aliphatic carbocycles. The number of nitrogens with zero attached hydrogens (tertiary/aromatic N) is 2. The number of aryl methyl sites for hydroxylation is 3. The van der Waals surface area contributed by atoms with Gasteiger partial charge in [0.2, 0.25) is 0 Å². The van der Waals surface area contributed by atoms with Gasteiger partial charge in [0.25, 0.3) is 0 Å². The minimum Gasteiger partial charge on any atom is -0.323 e. The Hall–Kier alpha value is -1.32. The van der Waals surface area contributed by atoms with Crippen LogP contribution < -0.4 is 0 Å². The van der Waals surface area contributed by atoms with Gasteiger partial charge in [-0.05, 0) is 48.1 Å². The van der Waals surface area contributed by atoms with Gasteiger partial charge in [0.15, 0.2) is 0 Å². The van der Waals surface area contributed by atoms with Crippen molar-refractivity contribution in [2.24, 2.45) is 0 Å². The Labute approximate surface area is 134 Å². The number of aromatic nitrogens is 2. The zero-order valence-corrected chi connectivity index (χ0v) is 14.0. The third-order valence-electron chi connectivity index (χ3n) is 3.82. The summed E-state index contributed by atoms with van der Waals surface area (Å²) in [5.41, 5.74) is 4.96. The average molecular weight is 319 g/mol. The number of halogens is 1. The summed E-state index contributed by atoms with van der Waals surface area (Å²) < 4.78 is 2.32. The molecule has 0 fully saturated rings. The highest BCUT2D eigenvalue weighted by Crippen LogP contribution is 2.24. The fourth-order valence-corrected chi connectivity index (χ4v) is 3.84. The largest absolute Gasteiger partial charge is 0.323 e. The fourth-order valence-electron chi connectivity index (χ4n) is 2.71. The van der Waals surface area contributed by atoms with Crippen LogP contribution in [0.1, 0.15) is 28.8 Å². The highest BCUT2D eigenvalue weighted by molar-refractivity contribution is 7.10. The van der Waals surface area contributed by atoms with E-state index >= 15 is 0 Å². The molecule has 0 N–H and O–H groups in total. The molecule has 4 heteroatoms. The van der Waals surface area contributed by atoms with E-state index in [-0.39, 0.29) is 0 Å². The molecule has 3 aromatic rings. The monoisotopic (exact) mass is 318 g/mol. The molecule has 0 amide bonds. The number of imidazole rings is 1. The van der Waals surface area contributed by atoms with Crippen molar-refractivity contribution in [2.75, 3.05) is 5.88 Å². The van der Waals surface area contributed by atoms with Crippen LogP contribution in [0.4, 0.5) is 0 Å². The SMILES string of the molecule is CCc1ccsc1Cn1c(CCCl)nc2cc(C)ccc21. The van der Waals surface area contributed by atoms with E-state index in [1.807, 2.05) is 11.3 Å². The molecule has 0 saturated carbocycles. The standard InChI is InChI=1S/C17H19ClN2S/c1-3-13-7-9-21-16(13)11-20-15-5-4-12(2)10-14(15)19-17(20)6-8-18/h4-5,7,9-10H,3,6,8,11H2,1-2H3. The van der Waals surface area contributed by atoms with E-state index in [0.717, 1.165) is 30.7 Å². The zero-order valence-electron chi connectivity index (χ0n) is 12.4. The second kappa shape index (κ2) is 6.20. The van der Waals surface area contributed by atoms with Gasteiger partial charge >= 0.3 is 0 Å². The third-order valence-corrected chi connectivity index (χ3v) is 4.96. The van der Waals surface area contributed by atoms with Gasteiger partial charge in [-0.2, -0.15) is 0 Å². The maximum Gasteiger partial charge on any atom is 0.111 e. The van der Waals surface area contributed by atoms with Crippen LogP contribution >= 0.6 is 22.9 Å². The molecule has 2 aromatic heterocycles. The van der Waals surface area contributed by atoms with Crippen LogP contribution in [0, 0.1) is 6.92 Å². The van der Waals surface area contributed by atoms with Gasteiger partial charge < -0.3 is 4.57 Å². The Kier molecular flexibility index (Phi) is 4.32. The molecule has 21 heavy (non-hydrogen) atoms. The second-order valence-corrected chi connectivity index (χ2v) is 6.65. The Morgan fingerprint density at radius 3 is 2.90 bits per heavy atom. The number of benzene rings is 1. The van der Waals surface area contributed by atoms with Gasteiger partial charge in [0.1, 0.15) is 5.82 Å². The molecule has 0 atom stereocenters. The minimum absolute atomic E-state index is 0.605. The first-order valence-corrected chi connectivity index (χ1v) is 8.71. The summed E-state index contributed by atoms with van der Waals surface area (Å²) in [6.45, 7) is 5.21.